The summed E-state index contributed by atoms with van der Waals surface area (Å²) in [5.74, 6) is -1.22. The molecule has 0 aliphatic heterocycles. The van der Waals surface area contributed by atoms with Crippen molar-refractivity contribution in [3.05, 3.63) is 51.8 Å². The lowest BCUT2D eigenvalue weighted by Crippen LogP contribution is -2.33. The lowest BCUT2D eigenvalue weighted by molar-refractivity contribution is -0.117. The predicted octanol–water partition coefficient (Wildman–Crippen LogP) is 2.75. The number of amides is 1. The van der Waals surface area contributed by atoms with Gasteiger partial charge in [-0.25, -0.2) is 0 Å². The number of halogens is 1. The first-order valence-corrected chi connectivity index (χ1v) is 7.30. The van der Waals surface area contributed by atoms with Gasteiger partial charge in [0.1, 0.15) is 0 Å². The third kappa shape index (κ3) is 3.20. The molecule has 5 nitrogen and oxygen atoms in total. The lowest BCUT2D eigenvalue weighted by atomic mass is 10.1. The second-order valence-corrected chi connectivity index (χ2v) is 5.69. The Kier molecular flexibility index (Phi) is 4.66. The number of carbonyl (C=O) groups is 2. The summed E-state index contributed by atoms with van der Waals surface area (Å²) < 4.78 is 1.59. The number of aryl methyl sites for hydroxylation is 2. The van der Waals surface area contributed by atoms with Crippen LogP contribution in [0.2, 0.25) is 5.02 Å². The van der Waals surface area contributed by atoms with Gasteiger partial charge in [-0.05, 0) is 38.5 Å². The molecule has 2 rings (SSSR count). The van der Waals surface area contributed by atoms with Gasteiger partial charge in [-0.2, -0.15) is 5.10 Å². The third-order valence-electron chi connectivity index (χ3n) is 3.64. The summed E-state index contributed by atoms with van der Waals surface area (Å²) in [5.41, 5.74) is 2.43. The lowest BCUT2D eigenvalue weighted by Gasteiger charge is -2.14. The minimum absolute atomic E-state index is 0.313. The van der Waals surface area contributed by atoms with Gasteiger partial charge in [0.05, 0.1) is 17.3 Å². The second kappa shape index (κ2) is 6.32. The van der Waals surface area contributed by atoms with Crippen LogP contribution in [0.4, 0.5) is 0 Å². The monoisotopic (exact) mass is 319 g/mol. The topological polar surface area (TPSA) is 64.0 Å². The minimum Gasteiger partial charge on any atom is -0.343 e. The van der Waals surface area contributed by atoms with Crippen molar-refractivity contribution < 1.29 is 9.59 Å². The highest BCUT2D eigenvalue weighted by atomic mass is 35.5. The number of aromatic nitrogens is 2. The Morgan fingerprint density at radius 2 is 2.00 bits per heavy atom. The second-order valence-electron chi connectivity index (χ2n) is 5.25. The normalized spacial score (nSPS) is 12.0. The Labute approximate surface area is 134 Å². The van der Waals surface area contributed by atoms with Crippen molar-refractivity contribution >= 4 is 23.3 Å². The Hall–Kier alpha value is -2.14. The van der Waals surface area contributed by atoms with E-state index in [2.05, 4.69) is 10.4 Å². The van der Waals surface area contributed by atoms with Crippen LogP contribution < -0.4 is 5.32 Å². The molecule has 22 heavy (non-hydrogen) atoms. The molecule has 116 valence electrons. The summed E-state index contributed by atoms with van der Waals surface area (Å²) in [6, 6.07) is 6.86. The van der Waals surface area contributed by atoms with Crippen LogP contribution in [0.5, 0.6) is 0 Å². The highest BCUT2D eigenvalue weighted by Gasteiger charge is 2.25. The van der Waals surface area contributed by atoms with E-state index in [1.165, 1.54) is 0 Å². The zero-order valence-electron chi connectivity index (χ0n) is 13.0. The predicted molar refractivity (Wildman–Crippen MR) is 85.0 cm³/mol. The maximum Gasteiger partial charge on any atom is 0.293 e. The number of Topliss-reactive ketones (excluding diaryl/α,β-unsaturated/α-hetero) is 1. The molecule has 0 saturated carbocycles. The van der Waals surface area contributed by atoms with Crippen LogP contribution in [0, 0.1) is 13.8 Å². The number of nitrogens with one attached hydrogen (secondary N) is 1. The molecular formula is C16H18ClN3O2. The molecule has 1 aromatic carbocycles. The zero-order valence-corrected chi connectivity index (χ0v) is 13.7. The molecule has 1 atom stereocenters. The van der Waals surface area contributed by atoms with Gasteiger partial charge in [0.2, 0.25) is 0 Å². The molecule has 0 saturated heterocycles. The summed E-state index contributed by atoms with van der Waals surface area (Å²) in [6.07, 6.45) is 0. The standard InChI is InChI=1S/C16H18ClN3O2/c1-9(12-6-5-7-13(17)8-12)18-16(22)15(21)14-10(2)19-20(4)11(14)3/h5-9H,1-4H3,(H,18,22). The highest BCUT2D eigenvalue weighted by molar-refractivity contribution is 6.43. The first-order valence-electron chi connectivity index (χ1n) is 6.92. The van der Waals surface area contributed by atoms with Gasteiger partial charge < -0.3 is 5.32 Å². The van der Waals surface area contributed by atoms with E-state index in [-0.39, 0.29) is 6.04 Å². The maximum absolute atomic E-state index is 12.3. The molecule has 0 aliphatic carbocycles. The molecule has 0 spiro atoms. The van der Waals surface area contributed by atoms with Crippen molar-refractivity contribution in [1.29, 1.82) is 0 Å². The van der Waals surface area contributed by atoms with E-state index in [1.54, 1.807) is 50.7 Å². The molecule has 0 bridgehead atoms. The highest BCUT2D eigenvalue weighted by Crippen LogP contribution is 2.18. The van der Waals surface area contributed by atoms with Crippen molar-refractivity contribution in [3.8, 4) is 0 Å². The fraction of sp³-hybridized carbons (Fsp3) is 0.312. The minimum atomic E-state index is -0.647. The maximum atomic E-state index is 12.3. The zero-order chi connectivity index (χ0) is 16.4. The van der Waals surface area contributed by atoms with Crippen LogP contribution in [-0.2, 0) is 11.8 Å². The molecule has 6 heteroatoms. The van der Waals surface area contributed by atoms with Crippen LogP contribution in [-0.4, -0.2) is 21.5 Å². The number of ketones is 1. The van der Waals surface area contributed by atoms with Crippen molar-refractivity contribution in [1.82, 2.24) is 15.1 Å². The van der Waals surface area contributed by atoms with Gasteiger partial charge in [-0.3, -0.25) is 14.3 Å². The van der Waals surface area contributed by atoms with Gasteiger partial charge in [-0.1, -0.05) is 23.7 Å². The van der Waals surface area contributed by atoms with Crippen molar-refractivity contribution in [2.45, 2.75) is 26.8 Å². The molecule has 1 aromatic heterocycles. The summed E-state index contributed by atoms with van der Waals surface area (Å²) >= 11 is 5.94. The third-order valence-corrected chi connectivity index (χ3v) is 3.87. The number of hydrogen-bond donors (Lipinski definition) is 1. The number of benzene rings is 1. The van der Waals surface area contributed by atoms with E-state index in [4.69, 9.17) is 11.6 Å². The Morgan fingerprint density at radius 1 is 1.32 bits per heavy atom. The van der Waals surface area contributed by atoms with Crippen LogP contribution in [0.3, 0.4) is 0 Å². The number of carbonyl (C=O) groups excluding carboxylic acids is 2. The van der Waals surface area contributed by atoms with Gasteiger partial charge in [0.15, 0.2) is 0 Å². The smallest absolute Gasteiger partial charge is 0.293 e. The van der Waals surface area contributed by atoms with Gasteiger partial charge in [-0.15, -0.1) is 0 Å². The van der Waals surface area contributed by atoms with E-state index >= 15 is 0 Å². The molecule has 1 N–H and O–H groups in total. The number of nitrogens with zero attached hydrogens (tertiary/aromatic N) is 2. The quantitative estimate of drug-likeness (QED) is 0.696. The molecule has 0 radical (unpaired) electrons. The molecule has 0 fully saturated rings. The Balaban J connectivity index is 2.16. The fourth-order valence-electron chi connectivity index (χ4n) is 2.34. The van der Waals surface area contributed by atoms with Gasteiger partial charge in [0.25, 0.3) is 11.7 Å². The first-order chi connectivity index (χ1) is 10.3. The average molecular weight is 320 g/mol. The fourth-order valence-corrected chi connectivity index (χ4v) is 2.54. The molecule has 1 heterocycles. The molecule has 2 aromatic rings. The Bertz CT molecular complexity index is 737. The van der Waals surface area contributed by atoms with E-state index in [9.17, 15) is 9.59 Å². The SMILES string of the molecule is Cc1nn(C)c(C)c1C(=O)C(=O)NC(C)c1cccc(Cl)c1. The van der Waals surface area contributed by atoms with Crippen molar-refractivity contribution in [2.75, 3.05) is 0 Å². The first kappa shape index (κ1) is 16.2. The van der Waals surface area contributed by atoms with Crippen LogP contribution in [0.25, 0.3) is 0 Å². The molecular weight excluding hydrogens is 302 g/mol. The molecule has 0 aliphatic rings. The number of rotatable bonds is 4. The summed E-state index contributed by atoms with van der Waals surface area (Å²) in [7, 11) is 1.74. The molecule has 1 unspecified atom stereocenters. The summed E-state index contributed by atoms with van der Waals surface area (Å²) in [6.45, 7) is 5.29. The van der Waals surface area contributed by atoms with Crippen LogP contribution in [0.15, 0.2) is 24.3 Å². The van der Waals surface area contributed by atoms with E-state index in [0.717, 1.165) is 5.56 Å². The van der Waals surface area contributed by atoms with Gasteiger partial charge in [0, 0.05) is 17.8 Å². The van der Waals surface area contributed by atoms with E-state index in [1.807, 2.05) is 6.07 Å². The van der Waals surface area contributed by atoms with Crippen molar-refractivity contribution in [3.63, 3.8) is 0 Å². The van der Waals surface area contributed by atoms with E-state index in [0.29, 0.717) is 22.0 Å². The number of hydrogen-bond acceptors (Lipinski definition) is 3. The average Bonchev–Trinajstić information content (AvgIpc) is 2.71. The summed E-state index contributed by atoms with van der Waals surface area (Å²) in [5, 5.41) is 7.45. The molecule has 1 amide bonds. The van der Waals surface area contributed by atoms with E-state index < -0.39 is 11.7 Å². The largest absolute Gasteiger partial charge is 0.343 e. The van der Waals surface area contributed by atoms with Crippen molar-refractivity contribution in [2.24, 2.45) is 7.05 Å². The van der Waals surface area contributed by atoms with Crippen LogP contribution >= 0.6 is 11.6 Å². The van der Waals surface area contributed by atoms with Crippen LogP contribution in [0.1, 0.15) is 40.3 Å². The summed E-state index contributed by atoms with van der Waals surface area (Å²) in [4.78, 5) is 24.5. The Morgan fingerprint density at radius 3 is 2.55 bits per heavy atom. The van der Waals surface area contributed by atoms with Gasteiger partial charge >= 0.3 is 0 Å².